The maximum Gasteiger partial charge on any atom is 0.338 e. The van der Waals surface area contributed by atoms with Crippen molar-refractivity contribution in [2.45, 2.75) is 20.3 Å². The first-order chi connectivity index (χ1) is 12.0. The van der Waals surface area contributed by atoms with Gasteiger partial charge in [0.15, 0.2) is 0 Å². The van der Waals surface area contributed by atoms with Gasteiger partial charge in [0.2, 0.25) is 0 Å². The second kappa shape index (κ2) is 7.25. The largest absolute Gasteiger partial charge is 0.465 e. The van der Waals surface area contributed by atoms with Crippen LogP contribution in [0.3, 0.4) is 0 Å². The van der Waals surface area contributed by atoms with E-state index in [9.17, 15) is 13.2 Å². The van der Waals surface area contributed by atoms with Crippen molar-refractivity contribution < 1.29 is 17.9 Å². The van der Waals surface area contributed by atoms with Crippen molar-refractivity contribution >= 4 is 21.8 Å². The van der Waals surface area contributed by atoms with Gasteiger partial charge in [0.25, 0.3) is 0 Å². The van der Waals surface area contributed by atoms with Gasteiger partial charge in [0.05, 0.1) is 12.7 Å². The minimum Gasteiger partial charge on any atom is -0.465 e. The molecule has 0 amide bonds. The highest BCUT2D eigenvalue weighted by molar-refractivity contribution is 7.86. The Morgan fingerprint density at radius 3 is 2.19 bits per heavy atom. The maximum atomic E-state index is 12.5. The molecule has 0 spiro atoms. The number of hydrogen-bond donors (Lipinski definition) is 0. The van der Waals surface area contributed by atoms with Crippen molar-refractivity contribution in [3.63, 3.8) is 0 Å². The molecule has 7 heteroatoms. The first kappa shape index (κ1) is 20.2. The summed E-state index contributed by atoms with van der Waals surface area (Å²) in [5.74, 6) is -0.482. The lowest BCUT2D eigenvalue weighted by Gasteiger charge is -2.37. The molecule has 0 unspecified atom stereocenters. The van der Waals surface area contributed by atoms with Gasteiger partial charge in [-0.15, -0.1) is 0 Å². The summed E-state index contributed by atoms with van der Waals surface area (Å²) >= 11 is 0. The number of carbonyl (C=O) groups excluding carboxylic acids is 1. The number of methoxy groups -OCH3 is 1. The Morgan fingerprint density at radius 2 is 1.69 bits per heavy atom. The Morgan fingerprint density at radius 1 is 1.12 bits per heavy atom. The van der Waals surface area contributed by atoms with E-state index in [0.29, 0.717) is 17.7 Å². The molecule has 2 rings (SSSR count). The number of ether oxygens (including phenoxy) is 1. The molecule has 0 heterocycles. The highest BCUT2D eigenvalue weighted by Crippen LogP contribution is 2.46. The Balaban J connectivity index is 2.69. The molecule has 1 aromatic rings. The van der Waals surface area contributed by atoms with Crippen LogP contribution in [0.1, 0.15) is 25.8 Å². The molecule has 6 nitrogen and oxygen atoms in total. The molecule has 0 saturated carbocycles. The summed E-state index contributed by atoms with van der Waals surface area (Å²) in [7, 11) is 2.14. The molecule has 1 aromatic carbocycles. The second-order valence-corrected chi connectivity index (χ2v) is 9.27. The summed E-state index contributed by atoms with van der Waals surface area (Å²) < 4.78 is 32.4. The zero-order valence-electron chi connectivity index (χ0n) is 16.1. The Bertz CT molecular complexity index is 853. The lowest BCUT2D eigenvalue weighted by Crippen LogP contribution is -2.39. The van der Waals surface area contributed by atoms with Crippen molar-refractivity contribution in [1.29, 1.82) is 0 Å². The van der Waals surface area contributed by atoms with E-state index in [2.05, 4.69) is 0 Å². The third kappa shape index (κ3) is 3.68. The van der Waals surface area contributed by atoms with Gasteiger partial charge in [-0.25, -0.2) is 4.79 Å². The van der Waals surface area contributed by atoms with Gasteiger partial charge in [-0.3, -0.25) is 4.31 Å². The molecule has 0 aromatic heterocycles. The van der Waals surface area contributed by atoms with Crippen LogP contribution in [-0.4, -0.2) is 51.3 Å². The fourth-order valence-electron chi connectivity index (χ4n) is 3.21. The average molecular weight is 378 g/mol. The van der Waals surface area contributed by atoms with Crippen molar-refractivity contribution in [3.8, 4) is 0 Å². The molecule has 1 aliphatic rings. The molecule has 0 atom stereocenters. The molecule has 0 radical (unpaired) electrons. The lowest BCUT2D eigenvalue weighted by molar-refractivity contribution is -0.135. The first-order valence-corrected chi connectivity index (χ1v) is 9.67. The van der Waals surface area contributed by atoms with Gasteiger partial charge in [0.1, 0.15) is 0 Å². The minimum absolute atomic E-state index is 0.380. The van der Waals surface area contributed by atoms with Gasteiger partial charge in [-0.1, -0.05) is 44.2 Å². The van der Waals surface area contributed by atoms with Crippen LogP contribution < -0.4 is 0 Å². The number of hydrogen-bond acceptors (Lipinski definition) is 4. The maximum absolute atomic E-state index is 12.5. The smallest absolute Gasteiger partial charge is 0.338 e. The molecule has 0 N–H and O–H groups in total. The van der Waals surface area contributed by atoms with Crippen molar-refractivity contribution in [1.82, 2.24) is 8.61 Å². The fraction of sp³-hybridized carbons (Fsp3) is 0.421. The summed E-state index contributed by atoms with van der Waals surface area (Å²) in [5.41, 5.74) is 2.25. The van der Waals surface area contributed by atoms with Gasteiger partial charge >= 0.3 is 16.2 Å². The summed E-state index contributed by atoms with van der Waals surface area (Å²) in [6, 6.07) is 9.62. The van der Waals surface area contributed by atoms with Crippen molar-refractivity contribution in [3.05, 3.63) is 53.2 Å². The third-order valence-corrected chi connectivity index (χ3v) is 6.41. The van der Waals surface area contributed by atoms with E-state index in [4.69, 9.17) is 4.74 Å². The molecule has 0 bridgehead atoms. The lowest BCUT2D eigenvalue weighted by atomic mass is 9.71. The molecular weight excluding hydrogens is 352 g/mol. The van der Waals surface area contributed by atoms with E-state index in [1.54, 1.807) is 6.08 Å². The van der Waals surface area contributed by atoms with Gasteiger partial charge in [-0.05, 0) is 29.0 Å². The van der Waals surface area contributed by atoms with Crippen LogP contribution in [0.5, 0.6) is 0 Å². The van der Waals surface area contributed by atoms with E-state index in [-0.39, 0.29) is 0 Å². The quantitative estimate of drug-likeness (QED) is 0.739. The number of benzene rings is 1. The van der Waals surface area contributed by atoms with Gasteiger partial charge in [-0.2, -0.15) is 12.7 Å². The van der Waals surface area contributed by atoms with Crippen LogP contribution >= 0.6 is 0 Å². The third-order valence-electron chi connectivity index (χ3n) is 4.56. The Labute approximate surface area is 155 Å². The molecule has 142 valence electrons. The number of carbonyl (C=O) groups is 1. The number of rotatable bonds is 5. The highest BCUT2D eigenvalue weighted by atomic mass is 32.2. The van der Waals surface area contributed by atoms with Crippen molar-refractivity contribution in [2.24, 2.45) is 5.41 Å². The average Bonchev–Trinajstić information content (AvgIpc) is 2.59. The van der Waals surface area contributed by atoms with Crippen LogP contribution in [0.2, 0.25) is 0 Å². The van der Waals surface area contributed by atoms with Crippen LogP contribution in [-0.2, 0) is 19.7 Å². The van der Waals surface area contributed by atoms with Crippen LogP contribution in [0, 0.1) is 5.41 Å². The van der Waals surface area contributed by atoms with E-state index >= 15 is 0 Å². The molecule has 0 saturated heterocycles. The van der Waals surface area contributed by atoms with Gasteiger partial charge < -0.3 is 4.74 Å². The van der Waals surface area contributed by atoms with Crippen molar-refractivity contribution in [2.75, 3.05) is 28.3 Å². The Kier molecular flexibility index (Phi) is 5.63. The van der Waals surface area contributed by atoms with Crippen LogP contribution in [0.4, 0.5) is 0 Å². The van der Waals surface area contributed by atoms with E-state index < -0.39 is 21.6 Å². The number of esters is 1. The number of allylic oxidation sites excluding steroid dienone is 2. The fourth-order valence-corrected chi connectivity index (χ4v) is 4.12. The van der Waals surface area contributed by atoms with E-state index in [1.807, 2.05) is 44.2 Å². The zero-order valence-corrected chi connectivity index (χ0v) is 16.9. The highest BCUT2D eigenvalue weighted by Gasteiger charge is 2.37. The van der Waals surface area contributed by atoms with Crippen LogP contribution in [0.25, 0.3) is 5.57 Å². The minimum atomic E-state index is -3.64. The van der Waals surface area contributed by atoms with E-state index in [0.717, 1.165) is 15.4 Å². The summed E-state index contributed by atoms with van der Waals surface area (Å²) in [4.78, 5) is 12.5. The standard InChI is InChI=1S/C19H26N2O4S/c1-19(2)13-15(21(5)26(23,24)20(3)4)12-16(18(22)25-6)17(19)14-10-8-7-9-11-14/h7-12H,13H2,1-6H3. The molecule has 26 heavy (non-hydrogen) atoms. The predicted octanol–water partition coefficient (Wildman–Crippen LogP) is 2.67. The zero-order chi connectivity index (χ0) is 19.7. The number of nitrogens with zero attached hydrogens (tertiary/aromatic N) is 2. The summed E-state index contributed by atoms with van der Waals surface area (Å²) in [6.07, 6.45) is 2.10. The first-order valence-electron chi connectivity index (χ1n) is 8.28. The molecule has 0 aliphatic heterocycles. The molecular formula is C19H26N2O4S. The SMILES string of the molecule is COC(=O)C1=C(c2ccccc2)C(C)(C)CC(N(C)S(=O)(=O)N(C)C)=C1. The normalized spacial score (nSPS) is 17.1. The van der Waals surface area contributed by atoms with Gasteiger partial charge in [0, 0.05) is 26.8 Å². The molecule has 1 aliphatic carbocycles. The van der Waals surface area contributed by atoms with Crippen LogP contribution in [0.15, 0.2) is 47.7 Å². The second-order valence-electron chi connectivity index (χ2n) is 7.10. The molecule has 0 fully saturated rings. The topological polar surface area (TPSA) is 66.9 Å². The Hall–Kier alpha value is -2.12. The summed E-state index contributed by atoms with van der Waals surface area (Å²) in [5, 5.41) is 0. The predicted molar refractivity (Wildman–Crippen MR) is 102 cm³/mol. The monoisotopic (exact) mass is 378 g/mol. The summed E-state index contributed by atoms with van der Waals surface area (Å²) in [6.45, 7) is 4.00. The van der Waals surface area contributed by atoms with E-state index in [1.165, 1.54) is 32.6 Å².